The molecule has 1 aliphatic carbocycles. The average Bonchev–Trinajstić information content (AvgIpc) is 1.88. The molecule has 0 aromatic carbocycles. The summed E-state index contributed by atoms with van der Waals surface area (Å²) in [5.74, 6) is 0. The van der Waals surface area contributed by atoms with Crippen LogP contribution in [0.3, 0.4) is 0 Å². The van der Waals surface area contributed by atoms with E-state index in [1.807, 2.05) is 12.2 Å². The minimum absolute atomic E-state index is 0.0178. The third-order valence-corrected chi connectivity index (χ3v) is 2.12. The lowest BCUT2D eigenvalue weighted by Gasteiger charge is -2.28. The third kappa shape index (κ3) is 2.05. The first-order valence-corrected chi connectivity index (χ1v) is 3.97. The lowest BCUT2D eigenvalue weighted by atomic mass is 10.1. The molecule has 4 heteroatoms. The Morgan fingerprint density at radius 3 is 2.90 bits per heavy atom. The van der Waals surface area contributed by atoms with Crippen LogP contribution in [0.25, 0.3) is 0 Å². The summed E-state index contributed by atoms with van der Waals surface area (Å²) in [7, 11) is 0. The van der Waals surface area contributed by atoms with Gasteiger partial charge in [0.1, 0.15) is 0 Å². The van der Waals surface area contributed by atoms with Crippen molar-refractivity contribution in [3.8, 4) is 0 Å². The Labute approximate surface area is 72.7 Å². The number of nitrogens with zero attached hydrogens (tertiary/aromatic N) is 1. The highest BCUT2D eigenvalue weighted by molar-refractivity contribution is 14.1. The van der Waals surface area contributed by atoms with Crippen molar-refractivity contribution in [1.82, 2.24) is 5.23 Å². The largest absolute Gasteiger partial charge is 0.762 e. The molecule has 1 atom stereocenters. The summed E-state index contributed by atoms with van der Waals surface area (Å²) in [5.41, 5.74) is 0. The summed E-state index contributed by atoms with van der Waals surface area (Å²) in [4.78, 5) is 0. The average molecular weight is 252 g/mol. The van der Waals surface area contributed by atoms with E-state index in [1.54, 1.807) is 6.08 Å². The predicted molar refractivity (Wildman–Crippen MR) is 46.6 cm³/mol. The molecule has 0 spiro atoms. The van der Waals surface area contributed by atoms with Gasteiger partial charge in [0.05, 0.1) is 0 Å². The number of halogens is 1. The molecule has 56 valence electrons. The minimum Gasteiger partial charge on any atom is -0.762 e. The lowest BCUT2D eigenvalue weighted by Crippen LogP contribution is -2.25. The summed E-state index contributed by atoms with van der Waals surface area (Å²) in [6.07, 6.45) is 6.01. The Balaban J connectivity index is 2.52. The lowest BCUT2D eigenvalue weighted by molar-refractivity contribution is -0.0634. The predicted octanol–water partition coefficient (Wildman–Crippen LogP) is 1.82. The molecule has 1 rings (SSSR count). The second-order valence-electron chi connectivity index (χ2n) is 2.05. The molecule has 1 aliphatic rings. The first-order valence-electron chi connectivity index (χ1n) is 2.89. The highest BCUT2D eigenvalue weighted by Crippen LogP contribution is 2.18. The van der Waals surface area contributed by atoms with Gasteiger partial charge in [-0.2, -0.15) is 0 Å². The number of rotatable bonds is 1. The van der Waals surface area contributed by atoms with Crippen LogP contribution < -0.4 is 0 Å². The van der Waals surface area contributed by atoms with E-state index in [9.17, 15) is 5.21 Å². The molecule has 1 unspecified atom stereocenters. The summed E-state index contributed by atoms with van der Waals surface area (Å²) in [5, 5.41) is 18.7. The van der Waals surface area contributed by atoms with Crippen molar-refractivity contribution in [2.24, 2.45) is 0 Å². The first-order chi connectivity index (χ1) is 4.70. The maximum Gasteiger partial charge on any atom is 0.0435 e. The second-order valence-corrected chi connectivity index (χ2v) is 3.30. The Hall–Kier alpha value is 0.0900. The van der Waals surface area contributed by atoms with Crippen LogP contribution in [0.4, 0.5) is 0 Å². The Morgan fingerprint density at radius 1 is 1.80 bits per heavy atom. The molecule has 0 heterocycles. The Bertz CT molecular complexity index is 177. The third-order valence-electron chi connectivity index (χ3n) is 1.32. The normalized spacial score (nSPS) is 25.2. The monoisotopic (exact) mass is 252 g/mol. The van der Waals surface area contributed by atoms with Crippen LogP contribution in [-0.2, 0) is 0 Å². The zero-order valence-corrected chi connectivity index (χ0v) is 7.35. The van der Waals surface area contributed by atoms with Gasteiger partial charge in [-0.25, -0.2) is 0 Å². The van der Waals surface area contributed by atoms with E-state index in [4.69, 9.17) is 5.21 Å². The van der Waals surface area contributed by atoms with Crippen molar-refractivity contribution in [3.63, 3.8) is 0 Å². The van der Waals surface area contributed by atoms with Gasteiger partial charge in [-0.15, -0.1) is 0 Å². The quantitative estimate of drug-likeness (QED) is 0.572. The van der Waals surface area contributed by atoms with Gasteiger partial charge < -0.3 is 10.4 Å². The number of hydroxylamine groups is 2. The highest BCUT2D eigenvalue weighted by Gasteiger charge is 2.06. The molecule has 0 aromatic heterocycles. The van der Waals surface area contributed by atoms with Gasteiger partial charge in [0, 0.05) is 9.62 Å². The van der Waals surface area contributed by atoms with Crippen LogP contribution >= 0.6 is 22.6 Å². The van der Waals surface area contributed by atoms with Crippen LogP contribution in [0.1, 0.15) is 6.42 Å². The molecule has 0 saturated heterocycles. The van der Waals surface area contributed by atoms with Gasteiger partial charge in [0.25, 0.3) is 0 Å². The van der Waals surface area contributed by atoms with Crippen molar-refractivity contribution < 1.29 is 5.21 Å². The topological polar surface area (TPSA) is 46.5 Å². The molecule has 0 bridgehead atoms. The second kappa shape index (κ2) is 3.47. The van der Waals surface area contributed by atoms with Crippen molar-refractivity contribution in [1.29, 1.82) is 0 Å². The molecule has 0 aromatic rings. The van der Waals surface area contributed by atoms with Gasteiger partial charge >= 0.3 is 0 Å². The summed E-state index contributed by atoms with van der Waals surface area (Å²) in [6, 6.07) is -0.390. The maximum absolute atomic E-state index is 10.3. The number of hydrogen-bond acceptors (Lipinski definition) is 3. The molecule has 1 N–H and O–H groups in total. The van der Waals surface area contributed by atoms with E-state index >= 15 is 0 Å². The van der Waals surface area contributed by atoms with E-state index in [1.165, 1.54) is 0 Å². The van der Waals surface area contributed by atoms with Crippen LogP contribution in [0, 0.1) is 5.21 Å². The number of allylic oxidation sites excluding steroid dienone is 2. The van der Waals surface area contributed by atoms with E-state index in [0.717, 1.165) is 3.58 Å². The molecule has 0 fully saturated rings. The van der Waals surface area contributed by atoms with E-state index < -0.39 is 6.04 Å². The molecule has 0 saturated carbocycles. The molecule has 0 aliphatic heterocycles. The fraction of sp³-hybridized carbons (Fsp3) is 0.333. The molecule has 10 heavy (non-hydrogen) atoms. The molecule has 0 amide bonds. The SMILES string of the molecule is [O-]N(O)C1C=CC(I)=CC1. The highest BCUT2D eigenvalue weighted by atomic mass is 127. The Morgan fingerprint density at radius 2 is 2.50 bits per heavy atom. The van der Waals surface area contributed by atoms with Gasteiger partial charge in [-0.1, -0.05) is 18.2 Å². The minimum atomic E-state index is -0.390. The van der Waals surface area contributed by atoms with Crippen molar-refractivity contribution in [2.45, 2.75) is 12.5 Å². The maximum atomic E-state index is 10.3. The van der Waals surface area contributed by atoms with Crippen LogP contribution in [0.5, 0.6) is 0 Å². The van der Waals surface area contributed by atoms with Crippen molar-refractivity contribution in [2.75, 3.05) is 0 Å². The van der Waals surface area contributed by atoms with Crippen LogP contribution in [-0.4, -0.2) is 16.5 Å². The smallest absolute Gasteiger partial charge is 0.0435 e. The number of hydrogen-bond donors (Lipinski definition) is 1. The molecule has 0 radical (unpaired) electrons. The molecular formula is C6H7INO2-. The van der Waals surface area contributed by atoms with Crippen LogP contribution in [0.15, 0.2) is 21.8 Å². The summed E-state index contributed by atoms with van der Waals surface area (Å²) in [6.45, 7) is 0. The zero-order valence-electron chi connectivity index (χ0n) is 5.20. The van der Waals surface area contributed by atoms with E-state index in [0.29, 0.717) is 6.42 Å². The van der Waals surface area contributed by atoms with Gasteiger partial charge in [-0.05, 0) is 29.0 Å². The molecular weight excluding hydrogens is 245 g/mol. The summed E-state index contributed by atoms with van der Waals surface area (Å²) >= 11 is 2.16. The summed E-state index contributed by atoms with van der Waals surface area (Å²) < 4.78 is 1.11. The van der Waals surface area contributed by atoms with Gasteiger partial charge in [0.2, 0.25) is 0 Å². The van der Waals surface area contributed by atoms with Gasteiger partial charge in [-0.3, -0.25) is 5.23 Å². The first kappa shape index (κ1) is 8.19. The zero-order chi connectivity index (χ0) is 7.56. The van der Waals surface area contributed by atoms with E-state index in [2.05, 4.69) is 22.6 Å². The fourth-order valence-corrected chi connectivity index (χ4v) is 1.21. The van der Waals surface area contributed by atoms with Crippen molar-refractivity contribution in [3.05, 3.63) is 27.0 Å². The van der Waals surface area contributed by atoms with Crippen molar-refractivity contribution >= 4 is 22.6 Å². The molecule has 3 nitrogen and oxygen atoms in total. The fourth-order valence-electron chi connectivity index (χ4n) is 0.747. The van der Waals surface area contributed by atoms with E-state index in [-0.39, 0.29) is 5.23 Å². The standard InChI is InChI=1S/C6H7INO2/c7-5-1-3-6(4-2-5)8(9)10/h1-3,6,9H,4H2/q-1. The Kier molecular flexibility index (Phi) is 2.84. The van der Waals surface area contributed by atoms with Crippen LogP contribution in [0.2, 0.25) is 0 Å². The van der Waals surface area contributed by atoms with Gasteiger partial charge in [0.15, 0.2) is 0 Å².